The normalized spacial score (nSPS) is 10.6. The summed E-state index contributed by atoms with van der Waals surface area (Å²) in [4.78, 5) is 12.8. The second-order valence-corrected chi connectivity index (χ2v) is 5.22. The Bertz CT molecular complexity index is 723. The summed E-state index contributed by atoms with van der Waals surface area (Å²) in [5.74, 6) is 0.581. The van der Waals surface area contributed by atoms with Gasteiger partial charge in [0.2, 0.25) is 0 Å². The molecule has 0 amide bonds. The van der Waals surface area contributed by atoms with Crippen molar-refractivity contribution in [1.82, 2.24) is 15.0 Å². The number of aromatic nitrogens is 3. The highest BCUT2D eigenvalue weighted by Crippen LogP contribution is 2.32. The molecular weight excluding hydrogens is 305 g/mol. The van der Waals surface area contributed by atoms with Gasteiger partial charge in [-0.15, -0.1) is 0 Å². The van der Waals surface area contributed by atoms with E-state index in [1.807, 2.05) is 42.5 Å². The molecule has 21 heavy (non-hydrogen) atoms. The molecule has 0 spiro atoms. The monoisotopic (exact) mass is 315 g/mol. The zero-order valence-electron chi connectivity index (χ0n) is 11.0. The fourth-order valence-corrected chi connectivity index (χ4v) is 2.70. The first-order valence-electron chi connectivity index (χ1n) is 6.40. The number of nitrogens with zero attached hydrogens (tertiary/aromatic N) is 3. The lowest BCUT2D eigenvalue weighted by Gasteiger charge is -2.08. The molecule has 0 bridgehead atoms. The second kappa shape index (κ2) is 6.20. The molecule has 0 radical (unpaired) electrons. The highest BCUT2D eigenvalue weighted by Gasteiger charge is 2.13. The van der Waals surface area contributed by atoms with E-state index in [2.05, 4.69) is 15.0 Å². The molecule has 5 heteroatoms. The van der Waals surface area contributed by atoms with Crippen molar-refractivity contribution in [3.63, 3.8) is 0 Å². The van der Waals surface area contributed by atoms with Crippen molar-refractivity contribution in [3.05, 3.63) is 76.6 Å². The lowest BCUT2D eigenvalue weighted by molar-refractivity contribution is 0.963. The fourth-order valence-electron chi connectivity index (χ4n) is 2.06. The van der Waals surface area contributed by atoms with Crippen molar-refractivity contribution in [2.24, 2.45) is 0 Å². The van der Waals surface area contributed by atoms with Gasteiger partial charge in [0.15, 0.2) is 0 Å². The van der Waals surface area contributed by atoms with Crippen LogP contribution in [-0.2, 0) is 6.42 Å². The van der Waals surface area contributed by atoms with Gasteiger partial charge in [-0.05, 0) is 17.2 Å². The minimum absolute atomic E-state index is 0.361. The first-order valence-corrected chi connectivity index (χ1v) is 7.16. The Labute approximate surface area is 132 Å². The summed E-state index contributed by atoms with van der Waals surface area (Å²) in [6.07, 6.45) is 4.04. The average molecular weight is 316 g/mol. The number of halogens is 2. The molecule has 0 unspecified atom stereocenters. The maximum absolute atomic E-state index is 6.28. The van der Waals surface area contributed by atoms with Crippen LogP contribution in [0.3, 0.4) is 0 Å². The summed E-state index contributed by atoms with van der Waals surface area (Å²) in [7, 11) is 0. The Hall–Kier alpha value is -1.97. The van der Waals surface area contributed by atoms with Crippen LogP contribution in [0.4, 0.5) is 0 Å². The van der Waals surface area contributed by atoms with E-state index >= 15 is 0 Å². The molecule has 0 saturated carbocycles. The SMILES string of the molecule is Clc1nc(Cc2cccnc2)nc(Cl)c1-c1ccccc1. The zero-order valence-corrected chi connectivity index (χ0v) is 12.5. The summed E-state index contributed by atoms with van der Waals surface area (Å²) in [6.45, 7) is 0. The Morgan fingerprint density at radius 3 is 2.19 bits per heavy atom. The maximum atomic E-state index is 6.28. The van der Waals surface area contributed by atoms with Crippen molar-refractivity contribution >= 4 is 23.2 Å². The van der Waals surface area contributed by atoms with E-state index in [0.29, 0.717) is 28.1 Å². The van der Waals surface area contributed by atoms with Crippen molar-refractivity contribution < 1.29 is 0 Å². The molecule has 0 aliphatic rings. The third-order valence-electron chi connectivity index (χ3n) is 3.01. The molecule has 3 nitrogen and oxygen atoms in total. The Balaban J connectivity index is 1.97. The topological polar surface area (TPSA) is 38.7 Å². The van der Waals surface area contributed by atoms with Gasteiger partial charge in [0.1, 0.15) is 16.1 Å². The molecule has 104 valence electrons. The van der Waals surface area contributed by atoms with Crippen LogP contribution in [0.5, 0.6) is 0 Å². The third kappa shape index (κ3) is 3.20. The molecule has 0 aliphatic carbocycles. The number of rotatable bonds is 3. The van der Waals surface area contributed by atoms with Crippen molar-refractivity contribution in [1.29, 1.82) is 0 Å². The molecule has 0 aliphatic heterocycles. The zero-order chi connectivity index (χ0) is 14.7. The Kier molecular flexibility index (Phi) is 4.13. The van der Waals surface area contributed by atoms with Gasteiger partial charge in [0.05, 0.1) is 5.56 Å². The van der Waals surface area contributed by atoms with E-state index < -0.39 is 0 Å². The van der Waals surface area contributed by atoms with Gasteiger partial charge >= 0.3 is 0 Å². The van der Waals surface area contributed by atoms with E-state index in [4.69, 9.17) is 23.2 Å². The van der Waals surface area contributed by atoms with Crippen LogP contribution in [0.25, 0.3) is 11.1 Å². The van der Waals surface area contributed by atoms with Gasteiger partial charge in [-0.3, -0.25) is 4.98 Å². The highest BCUT2D eigenvalue weighted by molar-refractivity contribution is 6.37. The van der Waals surface area contributed by atoms with Crippen LogP contribution in [-0.4, -0.2) is 15.0 Å². The number of hydrogen-bond donors (Lipinski definition) is 0. The summed E-state index contributed by atoms with van der Waals surface area (Å²) >= 11 is 12.6. The highest BCUT2D eigenvalue weighted by atomic mass is 35.5. The van der Waals surface area contributed by atoms with Gasteiger partial charge in [0.25, 0.3) is 0 Å². The summed E-state index contributed by atoms with van der Waals surface area (Å²) < 4.78 is 0. The quantitative estimate of drug-likeness (QED) is 0.671. The molecule has 2 heterocycles. The van der Waals surface area contributed by atoms with E-state index in [1.54, 1.807) is 12.4 Å². The van der Waals surface area contributed by atoms with Crippen LogP contribution in [0.2, 0.25) is 10.3 Å². The molecular formula is C16H11Cl2N3. The lowest BCUT2D eigenvalue weighted by atomic mass is 10.1. The van der Waals surface area contributed by atoms with E-state index in [1.165, 1.54) is 0 Å². The molecule has 0 atom stereocenters. The van der Waals surface area contributed by atoms with Crippen molar-refractivity contribution in [2.75, 3.05) is 0 Å². The lowest BCUT2D eigenvalue weighted by Crippen LogP contribution is -2.00. The van der Waals surface area contributed by atoms with Crippen LogP contribution in [0.1, 0.15) is 11.4 Å². The van der Waals surface area contributed by atoms with Crippen LogP contribution in [0, 0.1) is 0 Å². The average Bonchev–Trinajstić information content (AvgIpc) is 2.49. The number of hydrogen-bond acceptors (Lipinski definition) is 3. The van der Waals surface area contributed by atoms with Crippen LogP contribution < -0.4 is 0 Å². The minimum Gasteiger partial charge on any atom is -0.264 e. The third-order valence-corrected chi connectivity index (χ3v) is 3.56. The van der Waals surface area contributed by atoms with Crippen LogP contribution >= 0.6 is 23.2 Å². The van der Waals surface area contributed by atoms with Crippen molar-refractivity contribution in [3.8, 4) is 11.1 Å². The number of benzene rings is 1. The molecule has 0 fully saturated rings. The fraction of sp³-hybridized carbons (Fsp3) is 0.0625. The maximum Gasteiger partial charge on any atom is 0.142 e. The summed E-state index contributed by atoms with van der Waals surface area (Å²) in [5.41, 5.74) is 2.58. The van der Waals surface area contributed by atoms with Gasteiger partial charge in [-0.1, -0.05) is 59.6 Å². The first kappa shape index (κ1) is 14.0. The van der Waals surface area contributed by atoms with Crippen molar-refractivity contribution in [2.45, 2.75) is 6.42 Å². The molecule has 3 aromatic rings. The first-order chi connectivity index (χ1) is 10.2. The van der Waals surface area contributed by atoms with Gasteiger partial charge in [-0.2, -0.15) is 0 Å². The van der Waals surface area contributed by atoms with Gasteiger partial charge in [0, 0.05) is 18.8 Å². The second-order valence-electron chi connectivity index (χ2n) is 4.50. The molecule has 3 rings (SSSR count). The van der Waals surface area contributed by atoms with E-state index in [-0.39, 0.29) is 0 Å². The molecule has 2 aromatic heterocycles. The molecule has 1 aromatic carbocycles. The summed E-state index contributed by atoms with van der Waals surface area (Å²) in [5, 5.41) is 0.722. The molecule has 0 saturated heterocycles. The smallest absolute Gasteiger partial charge is 0.142 e. The van der Waals surface area contributed by atoms with Gasteiger partial charge < -0.3 is 0 Å². The standard InChI is InChI=1S/C16H11Cl2N3/c17-15-14(12-6-2-1-3-7-12)16(18)21-13(20-15)9-11-5-4-8-19-10-11/h1-8,10H,9H2. The van der Waals surface area contributed by atoms with E-state index in [0.717, 1.165) is 11.1 Å². The van der Waals surface area contributed by atoms with Crippen LogP contribution in [0.15, 0.2) is 54.9 Å². The predicted molar refractivity (Wildman–Crippen MR) is 84.5 cm³/mol. The Morgan fingerprint density at radius 1 is 0.857 bits per heavy atom. The molecule has 0 N–H and O–H groups in total. The van der Waals surface area contributed by atoms with E-state index in [9.17, 15) is 0 Å². The minimum atomic E-state index is 0.361. The largest absolute Gasteiger partial charge is 0.264 e. The Morgan fingerprint density at radius 2 is 1.57 bits per heavy atom. The number of pyridine rings is 1. The predicted octanol–water partition coefficient (Wildman–Crippen LogP) is 4.44. The summed E-state index contributed by atoms with van der Waals surface area (Å²) in [6, 6.07) is 13.5. The van der Waals surface area contributed by atoms with Gasteiger partial charge in [-0.25, -0.2) is 9.97 Å².